The molecule has 0 aromatic heterocycles. The van der Waals surface area contributed by atoms with E-state index in [1.807, 2.05) is 6.07 Å². The summed E-state index contributed by atoms with van der Waals surface area (Å²) >= 11 is 6.03. The Bertz CT molecular complexity index is 386. The molecule has 1 heterocycles. The molecule has 0 aliphatic carbocycles. The predicted molar refractivity (Wildman–Crippen MR) is 78.2 cm³/mol. The molecular weight excluding hydrogens is 244 g/mol. The van der Waals surface area contributed by atoms with Crippen LogP contribution in [-0.4, -0.2) is 30.6 Å². The molecule has 18 heavy (non-hydrogen) atoms. The molecule has 100 valence electrons. The van der Waals surface area contributed by atoms with E-state index in [0.717, 1.165) is 18.1 Å². The molecule has 1 N–H and O–H groups in total. The van der Waals surface area contributed by atoms with Gasteiger partial charge in [0.25, 0.3) is 0 Å². The van der Waals surface area contributed by atoms with Crippen molar-refractivity contribution in [2.75, 3.05) is 19.6 Å². The Labute approximate surface area is 115 Å². The molecular formula is C15H23ClN2. The topological polar surface area (TPSA) is 15.3 Å². The van der Waals surface area contributed by atoms with Crippen molar-refractivity contribution in [3.63, 3.8) is 0 Å². The zero-order valence-corrected chi connectivity index (χ0v) is 12.1. The van der Waals surface area contributed by atoms with E-state index in [9.17, 15) is 0 Å². The van der Waals surface area contributed by atoms with Gasteiger partial charge in [0.1, 0.15) is 0 Å². The Morgan fingerprint density at radius 2 is 2.06 bits per heavy atom. The van der Waals surface area contributed by atoms with Gasteiger partial charge in [-0.1, -0.05) is 17.7 Å². The molecule has 1 aliphatic heterocycles. The summed E-state index contributed by atoms with van der Waals surface area (Å²) in [5.74, 6) is 0. The maximum atomic E-state index is 6.03. The van der Waals surface area contributed by atoms with E-state index >= 15 is 0 Å². The summed E-state index contributed by atoms with van der Waals surface area (Å²) in [5.41, 5.74) is 2.61. The monoisotopic (exact) mass is 266 g/mol. The number of rotatable bonds is 5. The highest BCUT2D eigenvalue weighted by Gasteiger charge is 2.14. The van der Waals surface area contributed by atoms with Crippen molar-refractivity contribution in [3.05, 3.63) is 34.3 Å². The molecule has 0 bridgehead atoms. The number of aryl methyl sites for hydroxylation is 1. The molecule has 1 unspecified atom stereocenters. The van der Waals surface area contributed by atoms with Crippen LogP contribution < -0.4 is 5.32 Å². The molecule has 1 saturated heterocycles. The van der Waals surface area contributed by atoms with Gasteiger partial charge in [0.2, 0.25) is 0 Å². The summed E-state index contributed by atoms with van der Waals surface area (Å²) in [5, 5.41) is 4.42. The van der Waals surface area contributed by atoms with Crippen molar-refractivity contribution in [2.24, 2.45) is 0 Å². The van der Waals surface area contributed by atoms with Crippen LogP contribution in [0, 0.1) is 6.92 Å². The van der Waals surface area contributed by atoms with Gasteiger partial charge in [0.15, 0.2) is 0 Å². The molecule has 0 saturated carbocycles. The summed E-state index contributed by atoms with van der Waals surface area (Å²) in [6, 6.07) is 6.63. The van der Waals surface area contributed by atoms with Crippen molar-refractivity contribution < 1.29 is 0 Å². The summed E-state index contributed by atoms with van der Waals surface area (Å²) in [6.07, 6.45) is 2.72. The molecule has 2 rings (SSSR count). The fourth-order valence-electron chi connectivity index (χ4n) is 2.53. The normalized spacial score (nSPS) is 18.2. The molecule has 2 nitrogen and oxygen atoms in total. The molecule has 0 radical (unpaired) electrons. The fraction of sp³-hybridized carbons (Fsp3) is 0.600. The highest BCUT2D eigenvalue weighted by atomic mass is 35.5. The van der Waals surface area contributed by atoms with Crippen LogP contribution in [0.15, 0.2) is 18.2 Å². The lowest BCUT2D eigenvalue weighted by atomic mass is 10.1. The number of hydrogen-bond acceptors (Lipinski definition) is 2. The molecule has 1 aromatic carbocycles. The van der Waals surface area contributed by atoms with Crippen LogP contribution in [0.2, 0.25) is 5.02 Å². The van der Waals surface area contributed by atoms with Gasteiger partial charge in [-0.2, -0.15) is 0 Å². The number of halogens is 1. The average molecular weight is 267 g/mol. The first-order chi connectivity index (χ1) is 8.65. The highest BCUT2D eigenvalue weighted by molar-refractivity contribution is 6.30. The zero-order chi connectivity index (χ0) is 13.0. The molecule has 1 fully saturated rings. The Morgan fingerprint density at radius 3 is 2.78 bits per heavy atom. The van der Waals surface area contributed by atoms with Crippen LogP contribution in [0.25, 0.3) is 0 Å². The summed E-state index contributed by atoms with van der Waals surface area (Å²) < 4.78 is 0. The van der Waals surface area contributed by atoms with E-state index in [1.165, 1.54) is 37.1 Å². The number of nitrogens with zero attached hydrogens (tertiary/aromatic N) is 1. The Morgan fingerprint density at radius 1 is 1.33 bits per heavy atom. The van der Waals surface area contributed by atoms with Gasteiger partial charge < -0.3 is 10.2 Å². The highest BCUT2D eigenvalue weighted by Crippen LogP contribution is 2.15. The summed E-state index contributed by atoms with van der Waals surface area (Å²) in [6.45, 7) is 8.99. The smallest absolute Gasteiger partial charge is 0.0409 e. The van der Waals surface area contributed by atoms with Gasteiger partial charge in [0.05, 0.1) is 0 Å². The van der Waals surface area contributed by atoms with Crippen LogP contribution in [0.5, 0.6) is 0 Å². The van der Waals surface area contributed by atoms with Crippen molar-refractivity contribution in [2.45, 2.75) is 39.3 Å². The maximum absolute atomic E-state index is 6.03. The van der Waals surface area contributed by atoms with Crippen molar-refractivity contribution in [1.29, 1.82) is 0 Å². The van der Waals surface area contributed by atoms with Crippen molar-refractivity contribution >= 4 is 11.6 Å². The third kappa shape index (κ3) is 3.98. The lowest BCUT2D eigenvalue weighted by molar-refractivity contribution is 0.298. The minimum atomic E-state index is 0.529. The summed E-state index contributed by atoms with van der Waals surface area (Å²) in [7, 11) is 0. The first kappa shape index (κ1) is 13.9. The van der Waals surface area contributed by atoms with E-state index < -0.39 is 0 Å². The van der Waals surface area contributed by atoms with Gasteiger partial charge in [0, 0.05) is 24.2 Å². The van der Waals surface area contributed by atoms with Gasteiger partial charge in [-0.25, -0.2) is 0 Å². The van der Waals surface area contributed by atoms with Crippen LogP contribution in [0.4, 0.5) is 0 Å². The molecule has 1 aromatic rings. The standard InChI is InChI=1S/C15H23ClN2/c1-12-5-6-15(16)9-14(12)10-17-13(2)11-18-7-3-4-8-18/h5-6,9,13,17H,3-4,7-8,10-11H2,1-2H3. The number of benzene rings is 1. The summed E-state index contributed by atoms with van der Waals surface area (Å²) in [4.78, 5) is 2.54. The molecule has 0 spiro atoms. The number of nitrogens with one attached hydrogen (secondary N) is 1. The molecule has 1 aliphatic rings. The number of hydrogen-bond donors (Lipinski definition) is 1. The first-order valence-corrected chi connectivity index (χ1v) is 7.24. The quantitative estimate of drug-likeness (QED) is 0.880. The van der Waals surface area contributed by atoms with E-state index in [0.29, 0.717) is 6.04 Å². The second-order valence-electron chi connectivity index (χ2n) is 5.36. The Balaban J connectivity index is 1.81. The fourth-order valence-corrected chi connectivity index (χ4v) is 2.73. The van der Waals surface area contributed by atoms with Crippen molar-refractivity contribution in [3.8, 4) is 0 Å². The van der Waals surface area contributed by atoms with Crippen molar-refractivity contribution in [1.82, 2.24) is 10.2 Å². The van der Waals surface area contributed by atoms with Crippen LogP contribution in [0.1, 0.15) is 30.9 Å². The zero-order valence-electron chi connectivity index (χ0n) is 11.4. The molecule has 3 heteroatoms. The molecule has 1 atom stereocenters. The third-order valence-corrected chi connectivity index (χ3v) is 3.92. The van der Waals surface area contributed by atoms with E-state index in [1.54, 1.807) is 0 Å². The third-order valence-electron chi connectivity index (χ3n) is 3.68. The second kappa shape index (κ2) is 6.55. The largest absolute Gasteiger partial charge is 0.309 e. The van der Waals surface area contributed by atoms with Crippen LogP contribution in [0.3, 0.4) is 0 Å². The SMILES string of the molecule is Cc1ccc(Cl)cc1CNC(C)CN1CCCC1. The second-order valence-corrected chi connectivity index (χ2v) is 5.80. The van der Waals surface area contributed by atoms with Gasteiger partial charge >= 0.3 is 0 Å². The van der Waals surface area contributed by atoms with E-state index in [4.69, 9.17) is 11.6 Å². The minimum Gasteiger partial charge on any atom is -0.309 e. The van der Waals surface area contributed by atoms with E-state index in [2.05, 4.69) is 36.2 Å². The molecule has 0 amide bonds. The average Bonchev–Trinajstić information content (AvgIpc) is 2.83. The number of likely N-dealkylation sites (tertiary alicyclic amines) is 1. The van der Waals surface area contributed by atoms with Gasteiger partial charge in [-0.05, 0) is 63.0 Å². The van der Waals surface area contributed by atoms with E-state index in [-0.39, 0.29) is 0 Å². The lowest BCUT2D eigenvalue weighted by Gasteiger charge is -2.21. The Hall–Kier alpha value is -0.570. The predicted octanol–water partition coefficient (Wildman–Crippen LogP) is 3.22. The van der Waals surface area contributed by atoms with Gasteiger partial charge in [-0.3, -0.25) is 0 Å². The first-order valence-electron chi connectivity index (χ1n) is 6.86. The maximum Gasteiger partial charge on any atom is 0.0409 e. The minimum absolute atomic E-state index is 0.529. The lowest BCUT2D eigenvalue weighted by Crippen LogP contribution is -2.37. The van der Waals surface area contributed by atoms with Crippen LogP contribution >= 0.6 is 11.6 Å². The van der Waals surface area contributed by atoms with Gasteiger partial charge in [-0.15, -0.1) is 0 Å². The van der Waals surface area contributed by atoms with Crippen LogP contribution in [-0.2, 0) is 6.54 Å². The Kier molecular flexibility index (Phi) is 5.04.